The molecule has 0 aromatic heterocycles. The zero-order valence-corrected chi connectivity index (χ0v) is 25.7. The molecular weight excluding hydrogens is 432 g/mol. The van der Waals surface area contributed by atoms with Crippen LogP contribution in [0.3, 0.4) is 0 Å². The van der Waals surface area contributed by atoms with Crippen LogP contribution >= 0.6 is 0 Å². The Morgan fingerprint density at radius 3 is 0.833 bits per heavy atom. The molecule has 0 bridgehead atoms. The second-order valence-electron chi connectivity index (χ2n) is 9.25. The average Bonchev–Trinajstić information content (AvgIpc) is 2.90. The molecule has 0 saturated heterocycles. The van der Waals surface area contributed by atoms with Crippen molar-refractivity contribution < 1.29 is 0 Å². The van der Waals surface area contributed by atoms with Crippen LogP contribution in [-0.4, -0.2) is 0 Å². The van der Waals surface area contributed by atoms with E-state index in [2.05, 4.69) is 114 Å². The van der Waals surface area contributed by atoms with Crippen LogP contribution in [0.4, 0.5) is 0 Å². The first-order valence-electron chi connectivity index (χ1n) is 15.6. The van der Waals surface area contributed by atoms with Crippen LogP contribution in [0.5, 0.6) is 0 Å². The van der Waals surface area contributed by atoms with E-state index in [9.17, 15) is 0 Å². The highest BCUT2D eigenvalue weighted by Crippen LogP contribution is 2.02. The predicted octanol–water partition coefficient (Wildman–Crippen LogP) is 13.4. The molecule has 0 heteroatoms. The Hall–Kier alpha value is -1.56. The van der Waals surface area contributed by atoms with Crippen LogP contribution in [0.25, 0.3) is 0 Å². The topological polar surface area (TPSA) is 0 Å². The molecule has 0 N–H and O–H groups in total. The smallest absolute Gasteiger partial charge is 0.0169 e. The highest BCUT2D eigenvalue weighted by atomic mass is 13.9. The van der Waals surface area contributed by atoms with Crippen LogP contribution in [0.15, 0.2) is 72.9 Å². The Morgan fingerprint density at radius 1 is 0.278 bits per heavy atom. The Morgan fingerprint density at radius 2 is 0.528 bits per heavy atom. The van der Waals surface area contributed by atoms with Gasteiger partial charge in [-0.2, -0.15) is 0 Å². The molecule has 0 aromatic rings. The molecule has 0 aliphatic rings. The molecule has 0 nitrogen and oxygen atoms in total. The van der Waals surface area contributed by atoms with Gasteiger partial charge in [-0.1, -0.05) is 153 Å². The lowest BCUT2D eigenvalue weighted by molar-refractivity contribution is 0.728. The summed E-state index contributed by atoms with van der Waals surface area (Å²) in [5, 5.41) is 0. The minimum atomic E-state index is 1.08. The largest absolute Gasteiger partial charge is 0.0888 e. The summed E-state index contributed by atoms with van der Waals surface area (Å²) < 4.78 is 0. The van der Waals surface area contributed by atoms with E-state index in [0.29, 0.717) is 0 Å². The fourth-order valence-electron chi connectivity index (χ4n) is 3.20. The van der Waals surface area contributed by atoms with Crippen LogP contribution < -0.4 is 0 Å². The van der Waals surface area contributed by atoms with Crippen molar-refractivity contribution in [2.45, 2.75) is 157 Å². The summed E-state index contributed by atoms with van der Waals surface area (Å²) in [5.41, 5.74) is 0. The van der Waals surface area contributed by atoms with Gasteiger partial charge in [-0.3, -0.25) is 0 Å². The van der Waals surface area contributed by atoms with E-state index < -0.39 is 0 Å². The summed E-state index contributed by atoms with van der Waals surface area (Å²) >= 11 is 0. The molecule has 0 rings (SSSR count). The number of allylic oxidation sites excluding steroid dienone is 12. The van der Waals surface area contributed by atoms with E-state index in [1.807, 2.05) is 0 Å². The van der Waals surface area contributed by atoms with E-state index in [-0.39, 0.29) is 0 Å². The Bertz CT molecular complexity index is 512. The fraction of sp³-hybridized carbons (Fsp3) is 0.667. The molecule has 0 unspecified atom stereocenters. The monoisotopic (exact) mass is 499 g/mol. The van der Waals surface area contributed by atoms with Crippen LogP contribution in [0.2, 0.25) is 0 Å². The molecule has 36 heavy (non-hydrogen) atoms. The molecule has 0 spiro atoms. The van der Waals surface area contributed by atoms with Crippen molar-refractivity contribution in [3.63, 3.8) is 0 Å². The lowest BCUT2D eigenvalue weighted by Gasteiger charge is -1.90. The molecule has 210 valence electrons. The lowest BCUT2D eigenvalue weighted by atomic mass is 10.2. The van der Waals surface area contributed by atoms with Gasteiger partial charge in [0.05, 0.1) is 0 Å². The minimum Gasteiger partial charge on any atom is -0.0888 e. The summed E-state index contributed by atoms with van der Waals surface area (Å²) in [6, 6.07) is 0. The van der Waals surface area contributed by atoms with Crippen molar-refractivity contribution >= 4 is 0 Å². The molecule has 0 atom stereocenters. The van der Waals surface area contributed by atoms with E-state index in [0.717, 1.165) is 32.1 Å². The van der Waals surface area contributed by atoms with Gasteiger partial charge >= 0.3 is 0 Å². The van der Waals surface area contributed by atoms with Gasteiger partial charge in [-0.05, 0) is 77.0 Å². The van der Waals surface area contributed by atoms with Crippen molar-refractivity contribution in [1.29, 1.82) is 0 Å². The number of unbranched alkanes of at least 4 members (excludes halogenated alkanes) is 9. The van der Waals surface area contributed by atoms with Gasteiger partial charge in [-0.25, -0.2) is 0 Å². The highest BCUT2D eigenvalue weighted by molar-refractivity contribution is 4.97. The second kappa shape index (κ2) is 43.5. The summed E-state index contributed by atoms with van der Waals surface area (Å²) in [6.45, 7) is 13.2. The first-order valence-corrected chi connectivity index (χ1v) is 15.6. The van der Waals surface area contributed by atoms with Crippen LogP contribution in [0.1, 0.15) is 157 Å². The molecule has 0 saturated carbocycles. The summed E-state index contributed by atoms with van der Waals surface area (Å²) in [7, 11) is 0. The van der Waals surface area contributed by atoms with Crippen molar-refractivity contribution in [2.24, 2.45) is 0 Å². The molecule has 0 aromatic carbocycles. The van der Waals surface area contributed by atoms with Gasteiger partial charge < -0.3 is 0 Å². The molecule has 0 amide bonds. The molecule has 0 aliphatic heterocycles. The highest BCUT2D eigenvalue weighted by Gasteiger charge is 1.81. The van der Waals surface area contributed by atoms with Crippen LogP contribution in [0, 0.1) is 0 Å². The third-order valence-corrected chi connectivity index (χ3v) is 5.45. The fourth-order valence-corrected chi connectivity index (χ4v) is 3.20. The quantitative estimate of drug-likeness (QED) is 0.109. The first-order chi connectivity index (χ1) is 17.7. The minimum absolute atomic E-state index is 1.08. The van der Waals surface area contributed by atoms with Crippen molar-refractivity contribution in [1.82, 2.24) is 0 Å². The van der Waals surface area contributed by atoms with Gasteiger partial charge in [0.25, 0.3) is 0 Å². The third kappa shape index (κ3) is 49.5. The zero-order valence-electron chi connectivity index (χ0n) is 25.7. The Balaban J connectivity index is -0.000000469. The molecule has 0 radical (unpaired) electrons. The van der Waals surface area contributed by atoms with Gasteiger partial charge in [0, 0.05) is 0 Å². The van der Waals surface area contributed by atoms with Gasteiger partial charge in [-0.15, -0.1) is 0 Å². The van der Waals surface area contributed by atoms with Gasteiger partial charge in [0.1, 0.15) is 0 Å². The van der Waals surface area contributed by atoms with Crippen molar-refractivity contribution in [2.75, 3.05) is 0 Å². The van der Waals surface area contributed by atoms with E-state index in [1.165, 1.54) is 83.5 Å². The lowest BCUT2D eigenvalue weighted by Crippen LogP contribution is -1.70. The summed E-state index contributed by atoms with van der Waals surface area (Å²) in [4.78, 5) is 0. The maximum Gasteiger partial charge on any atom is -0.0169 e. The van der Waals surface area contributed by atoms with E-state index >= 15 is 0 Å². The van der Waals surface area contributed by atoms with Crippen molar-refractivity contribution in [3.05, 3.63) is 72.9 Å². The van der Waals surface area contributed by atoms with Crippen LogP contribution in [-0.2, 0) is 0 Å². The maximum atomic E-state index is 2.31. The molecule has 0 aliphatic carbocycles. The third-order valence-electron chi connectivity index (χ3n) is 5.45. The maximum absolute atomic E-state index is 2.31. The van der Waals surface area contributed by atoms with E-state index in [4.69, 9.17) is 0 Å². The molecule has 0 heterocycles. The zero-order chi connectivity index (χ0) is 27.2. The first kappa shape index (κ1) is 39.0. The number of hydrogen-bond acceptors (Lipinski definition) is 0. The average molecular weight is 499 g/mol. The van der Waals surface area contributed by atoms with Gasteiger partial charge in [0.15, 0.2) is 0 Å². The standard InChI is InChI=1S/C15H26.C12H22.C9H18/c1-3-5-7-9-11-13-15-14-12-10-8-6-4-2;1-3-5-7-9-11-12-10-8-6-4-2;1-3-5-7-9-8-6-4-2/h5,7,11-14H,3-4,6,8-10,15H2,1-2H3;5,7,11-12H,3-4,6,8-10H2,1-2H3;5,7H,3-4,6,8-9H2,1-2H3. The van der Waals surface area contributed by atoms with E-state index in [1.54, 1.807) is 0 Å². The summed E-state index contributed by atoms with van der Waals surface area (Å²) in [6.07, 6.45) is 49.8. The van der Waals surface area contributed by atoms with Gasteiger partial charge in [0.2, 0.25) is 0 Å². The number of hydrogen-bond donors (Lipinski definition) is 0. The Labute approximate surface area is 229 Å². The summed E-state index contributed by atoms with van der Waals surface area (Å²) in [5.74, 6) is 0. The molecular formula is C36H66. The SMILES string of the molecule is CCC=CCC=CCC=CCCCCC.CCC=CCC=CCCCCC.CCC=CCCCCC. The predicted molar refractivity (Wildman–Crippen MR) is 172 cm³/mol. The normalized spacial score (nSPS) is 11.8. The number of rotatable bonds is 21. The second-order valence-corrected chi connectivity index (χ2v) is 9.25. The Kier molecular flexibility index (Phi) is 47.1. The molecule has 0 fully saturated rings. The van der Waals surface area contributed by atoms with Crippen molar-refractivity contribution in [3.8, 4) is 0 Å².